The Bertz CT molecular complexity index is 349. The minimum atomic E-state index is -0.126. The molecule has 0 saturated heterocycles. The number of hydrogen-bond donors (Lipinski definition) is 1. The molecule has 0 radical (unpaired) electrons. The van der Waals surface area contributed by atoms with Crippen LogP contribution in [0.15, 0.2) is 23.1 Å². The van der Waals surface area contributed by atoms with Gasteiger partial charge < -0.3 is 10.5 Å². The first kappa shape index (κ1) is 13.7. The van der Waals surface area contributed by atoms with Gasteiger partial charge in [0.15, 0.2) is 0 Å². The van der Waals surface area contributed by atoms with Crippen LogP contribution in [-0.2, 0) is 0 Å². The van der Waals surface area contributed by atoms with Crippen LogP contribution >= 0.6 is 23.4 Å². The molecule has 0 fully saturated rings. The van der Waals surface area contributed by atoms with Crippen molar-refractivity contribution in [1.29, 1.82) is 0 Å². The lowest BCUT2D eigenvalue weighted by atomic mass is 10.0. The Morgan fingerprint density at radius 2 is 2.12 bits per heavy atom. The maximum atomic E-state index is 5.95. The standard InChI is InChI=1S/C12H18ClNOS/c1-12(2,14)6-7-16-11-8-9(13)4-5-10(11)15-3/h4-5,8H,6-7,14H2,1-3H3. The Morgan fingerprint density at radius 3 is 2.69 bits per heavy atom. The van der Waals surface area contributed by atoms with Crippen LogP contribution < -0.4 is 10.5 Å². The number of thioether (sulfide) groups is 1. The van der Waals surface area contributed by atoms with Crippen LogP contribution in [0.5, 0.6) is 5.75 Å². The van der Waals surface area contributed by atoms with Crippen LogP contribution in [0, 0.1) is 0 Å². The van der Waals surface area contributed by atoms with Gasteiger partial charge in [-0.1, -0.05) is 11.6 Å². The zero-order chi connectivity index (χ0) is 12.2. The summed E-state index contributed by atoms with van der Waals surface area (Å²) < 4.78 is 5.27. The molecule has 1 aromatic carbocycles. The Hall–Kier alpha value is -0.380. The van der Waals surface area contributed by atoms with Crippen LogP contribution in [0.4, 0.5) is 0 Å². The second-order valence-corrected chi connectivity index (χ2v) is 5.96. The van der Waals surface area contributed by atoms with Crippen LogP contribution in [0.3, 0.4) is 0 Å². The maximum absolute atomic E-state index is 5.95. The molecule has 0 aromatic heterocycles. The summed E-state index contributed by atoms with van der Waals surface area (Å²) in [6.45, 7) is 4.06. The molecular weight excluding hydrogens is 242 g/mol. The summed E-state index contributed by atoms with van der Waals surface area (Å²) in [5, 5.41) is 0.732. The van der Waals surface area contributed by atoms with Gasteiger partial charge in [-0.3, -0.25) is 0 Å². The summed E-state index contributed by atoms with van der Waals surface area (Å²) in [5.41, 5.74) is 5.80. The van der Waals surface area contributed by atoms with E-state index in [2.05, 4.69) is 0 Å². The van der Waals surface area contributed by atoms with Crippen molar-refractivity contribution in [2.24, 2.45) is 5.73 Å². The van der Waals surface area contributed by atoms with Gasteiger partial charge in [-0.2, -0.15) is 0 Å². The van der Waals surface area contributed by atoms with Gasteiger partial charge in [0.25, 0.3) is 0 Å². The molecule has 0 aliphatic heterocycles. The molecule has 0 unspecified atom stereocenters. The SMILES string of the molecule is COc1ccc(Cl)cc1SCCC(C)(C)N. The van der Waals surface area contributed by atoms with Gasteiger partial charge in [-0.15, -0.1) is 11.8 Å². The molecule has 1 aromatic rings. The van der Waals surface area contributed by atoms with Gasteiger partial charge in [0, 0.05) is 10.6 Å². The fourth-order valence-electron chi connectivity index (χ4n) is 1.19. The number of ether oxygens (including phenoxy) is 1. The van der Waals surface area contributed by atoms with E-state index in [0.717, 1.165) is 27.8 Å². The molecular formula is C12H18ClNOS. The highest BCUT2D eigenvalue weighted by Gasteiger charge is 2.11. The molecule has 0 saturated carbocycles. The van der Waals surface area contributed by atoms with Crippen LogP contribution in [0.2, 0.25) is 5.02 Å². The smallest absolute Gasteiger partial charge is 0.132 e. The topological polar surface area (TPSA) is 35.2 Å². The summed E-state index contributed by atoms with van der Waals surface area (Å²) in [4.78, 5) is 1.07. The van der Waals surface area contributed by atoms with E-state index in [4.69, 9.17) is 22.1 Å². The third-order valence-corrected chi connectivity index (χ3v) is 3.40. The maximum Gasteiger partial charge on any atom is 0.132 e. The van der Waals surface area contributed by atoms with Crippen LogP contribution in [0.25, 0.3) is 0 Å². The number of nitrogens with two attached hydrogens (primary N) is 1. The van der Waals surface area contributed by atoms with E-state index in [1.54, 1.807) is 18.9 Å². The molecule has 1 rings (SSSR count). The normalized spacial score (nSPS) is 11.6. The van der Waals surface area contributed by atoms with Crippen molar-refractivity contribution in [3.63, 3.8) is 0 Å². The van der Waals surface area contributed by atoms with E-state index in [1.165, 1.54) is 0 Å². The van der Waals surface area contributed by atoms with Crippen molar-refractivity contribution >= 4 is 23.4 Å². The Balaban J connectivity index is 2.62. The van der Waals surface area contributed by atoms with Crippen molar-refractivity contribution in [2.45, 2.75) is 30.7 Å². The minimum Gasteiger partial charge on any atom is -0.496 e. The number of methoxy groups -OCH3 is 1. The fourth-order valence-corrected chi connectivity index (χ4v) is 2.78. The highest BCUT2D eigenvalue weighted by atomic mass is 35.5. The average Bonchev–Trinajstić information content (AvgIpc) is 2.16. The fraction of sp³-hybridized carbons (Fsp3) is 0.500. The third kappa shape index (κ3) is 4.64. The number of hydrogen-bond acceptors (Lipinski definition) is 3. The van der Waals surface area contributed by atoms with Crippen molar-refractivity contribution in [2.75, 3.05) is 12.9 Å². The predicted molar refractivity (Wildman–Crippen MR) is 71.6 cm³/mol. The molecule has 2 N–H and O–H groups in total. The quantitative estimate of drug-likeness (QED) is 0.821. The van der Waals surface area contributed by atoms with Crippen molar-refractivity contribution in [3.05, 3.63) is 23.2 Å². The molecule has 4 heteroatoms. The number of benzene rings is 1. The summed E-state index contributed by atoms with van der Waals surface area (Å²) in [5.74, 6) is 1.82. The second-order valence-electron chi connectivity index (χ2n) is 4.38. The Morgan fingerprint density at radius 1 is 1.44 bits per heavy atom. The molecule has 0 heterocycles. The highest BCUT2D eigenvalue weighted by Crippen LogP contribution is 2.32. The molecule has 0 aliphatic rings. The van der Waals surface area contributed by atoms with Crippen molar-refractivity contribution in [1.82, 2.24) is 0 Å². The van der Waals surface area contributed by atoms with Gasteiger partial charge in [0.1, 0.15) is 5.75 Å². The monoisotopic (exact) mass is 259 g/mol. The van der Waals surface area contributed by atoms with E-state index in [9.17, 15) is 0 Å². The molecule has 0 atom stereocenters. The van der Waals surface area contributed by atoms with Crippen LogP contribution in [-0.4, -0.2) is 18.4 Å². The first-order valence-electron chi connectivity index (χ1n) is 5.17. The summed E-state index contributed by atoms with van der Waals surface area (Å²) in [6.07, 6.45) is 0.952. The van der Waals surface area contributed by atoms with Gasteiger partial charge in [0.2, 0.25) is 0 Å². The highest BCUT2D eigenvalue weighted by molar-refractivity contribution is 7.99. The minimum absolute atomic E-state index is 0.126. The largest absolute Gasteiger partial charge is 0.496 e. The lowest BCUT2D eigenvalue weighted by Crippen LogP contribution is -2.32. The molecule has 90 valence electrons. The van der Waals surface area contributed by atoms with Crippen molar-refractivity contribution in [3.8, 4) is 5.75 Å². The van der Waals surface area contributed by atoms with Gasteiger partial charge >= 0.3 is 0 Å². The van der Waals surface area contributed by atoms with E-state index in [0.29, 0.717) is 0 Å². The lowest BCUT2D eigenvalue weighted by molar-refractivity contribution is 0.404. The summed E-state index contributed by atoms with van der Waals surface area (Å²) in [6, 6.07) is 5.64. The zero-order valence-electron chi connectivity index (χ0n) is 9.92. The molecule has 0 amide bonds. The average molecular weight is 260 g/mol. The molecule has 16 heavy (non-hydrogen) atoms. The lowest BCUT2D eigenvalue weighted by Gasteiger charge is -2.18. The molecule has 0 aliphatic carbocycles. The van der Waals surface area contributed by atoms with Gasteiger partial charge in [-0.25, -0.2) is 0 Å². The van der Waals surface area contributed by atoms with E-state index < -0.39 is 0 Å². The Kier molecular flexibility index (Phi) is 4.96. The van der Waals surface area contributed by atoms with Crippen molar-refractivity contribution < 1.29 is 4.74 Å². The number of halogens is 1. The molecule has 0 bridgehead atoms. The first-order chi connectivity index (χ1) is 7.42. The number of rotatable bonds is 5. The Labute approximate surface area is 107 Å². The molecule has 0 spiro atoms. The van der Waals surface area contributed by atoms with E-state index >= 15 is 0 Å². The summed E-state index contributed by atoms with van der Waals surface area (Å²) in [7, 11) is 1.67. The zero-order valence-corrected chi connectivity index (χ0v) is 11.5. The predicted octanol–water partition coefficient (Wildman–Crippen LogP) is 3.57. The van der Waals surface area contributed by atoms with Gasteiger partial charge in [-0.05, 0) is 44.2 Å². The van der Waals surface area contributed by atoms with Gasteiger partial charge in [0.05, 0.1) is 12.0 Å². The van der Waals surface area contributed by atoms with E-state index in [1.807, 2.05) is 32.0 Å². The first-order valence-corrected chi connectivity index (χ1v) is 6.54. The van der Waals surface area contributed by atoms with Crippen LogP contribution in [0.1, 0.15) is 20.3 Å². The summed E-state index contributed by atoms with van der Waals surface area (Å²) >= 11 is 7.67. The van der Waals surface area contributed by atoms with E-state index in [-0.39, 0.29) is 5.54 Å². The second kappa shape index (κ2) is 5.80. The third-order valence-electron chi connectivity index (χ3n) is 2.13. The molecule has 2 nitrogen and oxygen atoms in total.